The van der Waals surface area contributed by atoms with Gasteiger partial charge in [-0.15, -0.1) is 0 Å². The third-order valence-electron chi connectivity index (χ3n) is 4.18. The van der Waals surface area contributed by atoms with E-state index in [2.05, 4.69) is 5.32 Å². The molecule has 0 bridgehead atoms. The highest BCUT2D eigenvalue weighted by molar-refractivity contribution is 6.40. The summed E-state index contributed by atoms with van der Waals surface area (Å²) in [5.74, 6) is -0.105. The van der Waals surface area contributed by atoms with E-state index in [0.29, 0.717) is 5.71 Å². The summed E-state index contributed by atoms with van der Waals surface area (Å²) in [4.78, 5) is 17.7. The average Bonchev–Trinajstić information content (AvgIpc) is 2.59. The molecule has 0 aliphatic carbocycles. The number of amides is 1. The molecular weight excluding hydrogens is 308 g/mol. The Kier molecular flexibility index (Phi) is 6.13. The van der Waals surface area contributed by atoms with E-state index in [0.717, 1.165) is 11.1 Å². The number of rotatable bonds is 5. The molecule has 0 spiro atoms. The van der Waals surface area contributed by atoms with E-state index >= 15 is 0 Å². The maximum atomic E-state index is 12.9. The fraction of sp³-hybridized carbons (Fsp3) is 0.364. The number of benzene rings is 2. The Morgan fingerprint density at radius 2 is 1.36 bits per heavy atom. The lowest BCUT2D eigenvalue weighted by Gasteiger charge is -2.24. The van der Waals surface area contributed by atoms with Crippen LogP contribution in [0, 0.1) is 5.41 Å². The van der Waals surface area contributed by atoms with Crippen molar-refractivity contribution in [1.82, 2.24) is 5.32 Å². The number of carbonyl (C=O) groups is 1. The van der Waals surface area contributed by atoms with Gasteiger partial charge >= 0.3 is 0 Å². The van der Waals surface area contributed by atoms with Crippen molar-refractivity contribution in [3.05, 3.63) is 71.8 Å². The van der Waals surface area contributed by atoms with E-state index in [1.807, 2.05) is 95.3 Å². The maximum absolute atomic E-state index is 12.9. The zero-order chi connectivity index (χ0) is 18.4. The van der Waals surface area contributed by atoms with E-state index in [1.165, 1.54) is 0 Å². The number of hydrogen-bond acceptors (Lipinski definition) is 2. The van der Waals surface area contributed by atoms with Crippen molar-refractivity contribution in [2.75, 3.05) is 0 Å². The van der Waals surface area contributed by atoms with Gasteiger partial charge in [-0.2, -0.15) is 0 Å². The molecule has 2 aromatic carbocycles. The van der Waals surface area contributed by atoms with Crippen LogP contribution in [0.1, 0.15) is 57.8 Å². The van der Waals surface area contributed by atoms with Gasteiger partial charge in [0.05, 0.1) is 12.1 Å². The second-order valence-corrected chi connectivity index (χ2v) is 7.42. The lowest BCUT2D eigenvalue weighted by Crippen LogP contribution is -2.40. The zero-order valence-electron chi connectivity index (χ0n) is 15.8. The van der Waals surface area contributed by atoms with Crippen LogP contribution in [0.3, 0.4) is 0 Å². The predicted octanol–water partition coefficient (Wildman–Crippen LogP) is 5.11. The Morgan fingerprint density at radius 1 is 0.880 bits per heavy atom. The van der Waals surface area contributed by atoms with Gasteiger partial charge in [-0.3, -0.25) is 9.79 Å². The van der Waals surface area contributed by atoms with E-state index in [9.17, 15) is 4.79 Å². The molecule has 0 aliphatic rings. The van der Waals surface area contributed by atoms with Crippen molar-refractivity contribution in [3.63, 3.8) is 0 Å². The maximum Gasteiger partial charge on any atom is 0.266 e. The number of hydrogen-bond donors (Lipinski definition) is 1. The first kappa shape index (κ1) is 18.9. The van der Waals surface area contributed by atoms with Crippen molar-refractivity contribution in [3.8, 4) is 0 Å². The van der Waals surface area contributed by atoms with Crippen LogP contribution in [0.4, 0.5) is 0 Å². The summed E-state index contributed by atoms with van der Waals surface area (Å²) < 4.78 is 0. The Hall–Kier alpha value is -2.42. The van der Waals surface area contributed by atoms with E-state index < -0.39 is 0 Å². The molecule has 25 heavy (non-hydrogen) atoms. The highest BCUT2D eigenvalue weighted by Crippen LogP contribution is 2.23. The minimum absolute atomic E-state index is 0.0618. The summed E-state index contributed by atoms with van der Waals surface area (Å²) >= 11 is 0. The van der Waals surface area contributed by atoms with Crippen LogP contribution in [0.15, 0.2) is 65.7 Å². The number of carbonyl (C=O) groups excluding carboxylic acids is 1. The fourth-order valence-electron chi connectivity index (χ4n) is 2.68. The molecule has 1 N–H and O–H groups in total. The minimum atomic E-state index is -0.330. The van der Waals surface area contributed by atoms with Gasteiger partial charge in [-0.1, -0.05) is 81.4 Å². The molecule has 3 heteroatoms. The van der Waals surface area contributed by atoms with Gasteiger partial charge in [0.2, 0.25) is 0 Å². The van der Waals surface area contributed by atoms with E-state index in [1.54, 1.807) is 0 Å². The highest BCUT2D eigenvalue weighted by atomic mass is 16.2. The monoisotopic (exact) mass is 336 g/mol. The first-order chi connectivity index (χ1) is 11.8. The quantitative estimate of drug-likeness (QED) is 0.757. The summed E-state index contributed by atoms with van der Waals surface area (Å²) in [7, 11) is 0. The molecule has 0 aromatic heterocycles. The largest absolute Gasteiger partial charge is 0.344 e. The molecule has 1 amide bonds. The highest BCUT2D eigenvalue weighted by Gasteiger charge is 2.27. The van der Waals surface area contributed by atoms with Crippen LogP contribution in [0.25, 0.3) is 0 Å². The third-order valence-corrected chi connectivity index (χ3v) is 4.18. The van der Waals surface area contributed by atoms with Gasteiger partial charge in [0.15, 0.2) is 0 Å². The molecule has 0 fully saturated rings. The first-order valence-electron chi connectivity index (χ1n) is 8.78. The molecule has 3 nitrogen and oxygen atoms in total. The van der Waals surface area contributed by atoms with Crippen LogP contribution in [0.2, 0.25) is 0 Å². The number of nitrogens with zero attached hydrogens (tertiary/aromatic N) is 1. The molecule has 2 rings (SSSR count). The average molecular weight is 336 g/mol. The second-order valence-electron chi connectivity index (χ2n) is 7.42. The van der Waals surface area contributed by atoms with E-state index in [-0.39, 0.29) is 23.4 Å². The predicted molar refractivity (Wildman–Crippen MR) is 105 cm³/mol. The van der Waals surface area contributed by atoms with Crippen LogP contribution in [-0.2, 0) is 4.79 Å². The van der Waals surface area contributed by atoms with Gasteiger partial charge in [0, 0.05) is 5.41 Å². The molecule has 2 atom stereocenters. The smallest absolute Gasteiger partial charge is 0.266 e. The van der Waals surface area contributed by atoms with Gasteiger partial charge in [-0.25, -0.2) is 0 Å². The van der Waals surface area contributed by atoms with Crippen molar-refractivity contribution in [2.45, 2.75) is 46.7 Å². The Bertz CT molecular complexity index is 715. The number of aliphatic imine (C=N–C) groups is 1. The second kappa shape index (κ2) is 8.11. The SMILES string of the molecule is CC(N=C(C(=O)NC(C)c1ccccc1)C(C)(C)C)c1ccccc1. The molecule has 0 radical (unpaired) electrons. The van der Waals surface area contributed by atoms with Crippen molar-refractivity contribution in [1.29, 1.82) is 0 Å². The summed E-state index contributed by atoms with van der Waals surface area (Å²) in [5.41, 5.74) is 2.43. The summed E-state index contributed by atoms with van der Waals surface area (Å²) in [6, 6.07) is 19.9. The van der Waals surface area contributed by atoms with Gasteiger partial charge in [0.1, 0.15) is 5.71 Å². The molecule has 132 valence electrons. The summed E-state index contributed by atoms with van der Waals surface area (Å²) in [6.07, 6.45) is 0. The normalized spacial score (nSPS) is 14.7. The van der Waals surface area contributed by atoms with Gasteiger partial charge in [-0.05, 0) is 25.0 Å². The van der Waals surface area contributed by atoms with E-state index in [4.69, 9.17) is 4.99 Å². The Balaban J connectivity index is 2.22. The fourth-order valence-corrected chi connectivity index (χ4v) is 2.68. The Morgan fingerprint density at radius 3 is 1.84 bits per heavy atom. The van der Waals surface area contributed by atoms with Crippen molar-refractivity contribution < 1.29 is 4.79 Å². The third kappa shape index (κ3) is 5.28. The topological polar surface area (TPSA) is 41.5 Å². The summed E-state index contributed by atoms with van der Waals surface area (Å²) in [5, 5.41) is 3.09. The zero-order valence-corrected chi connectivity index (χ0v) is 15.8. The molecule has 0 saturated carbocycles. The molecule has 2 aromatic rings. The molecule has 0 saturated heterocycles. The lowest BCUT2D eigenvalue weighted by atomic mass is 9.88. The van der Waals surface area contributed by atoms with Gasteiger partial charge in [0.25, 0.3) is 5.91 Å². The van der Waals surface area contributed by atoms with Crippen LogP contribution >= 0.6 is 0 Å². The first-order valence-corrected chi connectivity index (χ1v) is 8.78. The molecule has 0 aliphatic heterocycles. The number of nitrogens with one attached hydrogen (secondary N) is 1. The molecule has 0 heterocycles. The van der Waals surface area contributed by atoms with Crippen molar-refractivity contribution in [2.24, 2.45) is 10.4 Å². The lowest BCUT2D eigenvalue weighted by molar-refractivity contribution is -0.115. The van der Waals surface area contributed by atoms with Crippen LogP contribution in [0.5, 0.6) is 0 Å². The summed E-state index contributed by atoms with van der Waals surface area (Å²) in [6.45, 7) is 10.1. The minimum Gasteiger partial charge on any atom is -0.344 e. The van der Waals surface area contributed by atoms with Gasteiger partial charge < -0.3 is 5.32 Å². The van der Waals surface area contributed by atoms with Crippen molar-refractivity contribution >= 4 is 11.6 Å². The van der Waals surface area contributed by atoms with Crippen LogP contribution < -0.4 is 5.32 Å². The molecular formula is C22H28N2O. The molecule has 2 unspecified atom stereocenters. The van der Waals surface area contributed by atoms with Crippen LogP contribution in [-0.4, -0.2) is 11.6 Å². The Labute approximate surface area is 151 Å². The standard InChI is InChI=1S/C22H28N2O/c1-16(18-12-8-6-9-13-18)23-20(22(3,4)5)21(25)24-17(2)19-14-10-7-11-15-19/h6-17H,1-5H3,(H,24,25).